The molecule has 0 saturated carbocycles. The van der Waals surface area contributed by atoms with Crippen molar-refractivity contribution in [3.8, 4) is 17.6 Å². The van der Waals surface area contributed by atoms with Gasteiger partial charge in [-0.15, -0.1) is 0 Å². The molecule has 0 unspecified atom stereocenters. The van der Waals surface area contributed by atoms with Gasteiger partial charge in [0.2, 0.25) is 0 Å². The third kappa shape index (κ3) is 5.97. The molecular weight excluding hydrogens is 432 g/mol. The molecule has 0 radical (unpaired) electrons. The molecule has 0 heterocycles. The van der Waals surface area contributed by atoms with Gasteiger partial charge < -0.3 is 14.8 Å². The summed E-state index contributed by atoms with van der Waals surface area (Å²) in [6.45, 7) is 10.1. The van der Waals surface area contributed by atoms with Crippen LogP contribution in [0.4, 0.5) is 5.69 Å². The number of nitrogens with zero attached hydrogens (tertiary/aromatic N) is 1. The lowest BCUT2D eigenvalue weighted by atomic mass is 10.1. The van der Waals surface area contributed by atoms with Gasteiger partial charge in [0.15, 0.2) is 11.5 Å². The molecule has 0 spiro atoms. The van der Waals surface area contributed by atoms with Crippen molar-refractivity contribution < 1.29 is 14.3 Å². The first-order valence-corrected chi connectivity index (χ1v) is 9.89. The van der Waals surface area contributed by atoms with Crippen molar-refractivity contribution >= 4 is 33.6 Å². The van der Waals surface area contributed by atoms with Crippen LogP contribution < -0.4 is 14.8 Å². The number of nitrogens with one attached hydrogen (secondary N) is 1. The summed E-state index contributed by atoms with van der Waals surface area (Å²) in [7, 11) is 0. The van der Waals surface area contributed by atoms with Gasteiger partial charge in [0.1, 0.15) is 18.2 Å². The van der Waals surface area contributed by atoms with Crippen molar-refractivity contribution in [3.05, 3.63) is 69.7 Å². The van der Waals surface area contributed by atoms with Gasteiger partial charge in [-0.25, -0.2) is 0 Å². The van der Waals surface area contributed by atoms with Gasteiger partial charge in [0.25, 0.3) is 5.91 Å². The Morgan fingerprint density at radius 2 is 2.03 bits per heavy atom. The molecular formula is C23H23BrN2O3. The van der Waals surface area contributed by atoms with Crippen molar-refractivity contribution in [3.63, 3.8) is 0 Å². The van der Waals surface area contributed by atoms with Crippen LogP contribution in [0.2, 0.25) is 0 Å². The minimum atomic E-state index is -0.470. The second-order valence-corrected chi connectivity index (χ2v) is 7.16. The minimum absolute atomic E-state index is 0.0139. The Kier molecular flexibility index (Phi) is 8.05. The standard InChI is InChI=1S/C23H23BrN2O3/c1-5-9-29-22-19(24)12-17(13-21(22)28-6-2)11-18(14-25)23(27)26-20-10-15(3)7-8-16(20)4/h5,7-8,10-13H,1,6,9H2,2-4H3,(H,26,27)/b18-11-. The number of carbonyl (C=O) groups is 1. The van der Waals surface area contributed by atoms with Gasteiger partial charge in [-0.1, -0.05) is 24.8 Å². The van der Waals surface area contributed by atoms with Crippen LogP contribution in [-0.4, -0.2) is 19.1 Å². The van der Waals surface area contributed by atoms with E-state index >= 15 is 0 Å². The number of rotatable bonds is 8. The van der Waals surface area contributed by atoms with Crippen LogP contribution >= 0.6 is 15.9 Å². The highest BCUT2D eigenvalue weighted by Crippen LogP contribution is 2.37. The molecule has 6 heteroatoms. The number of anilines is 1. The third-order valence-electron chi connectivity index (χ3n) is 3.99. The van der Waals surface area contributed by atoms with Gasteiger partial charge in [-0.3, -0.25) is 4.79 Å². The zero-order chi connectivity index (χ0) is 21.4. The first kappa shape index (κ1) is 22.3. The topological polar surface area (TPSA) is 71.3 Å². The first-order valence-electron chi connectivity index (χ1n) is 9.10. The molecule has 150 valence electrons. The molecule has 2 rings (SSSR count). The monoisotopic (exact) mass is 454 g/mol. The number of hydrogen-bond acceptors (Lipinski definition) is 4. The fraction of sp³-hybridized carbons (Fsp3) is 0.217. The number of halogens is 1. The lowest BCUT2D eigenvalue weighted by Gasteiger charge is -2.14. The van der Waals surface area contributed by atoms with Crippen molar-refractivity contribution in [1.29, 1.82) is 5.26 Å². The van der Waals surface area contributed by atoms with Gasteiger partial charge >= 0.3 is 0 Å². The van der Waals surface area contributed by atoms with E-state index in [0.29, 0.717) is 40.4 Å². The SMILES string of the molecule is C=CCOc1c(Br)cc(/C=C(/C#N)C(=O)Nc2cc(C)ccc2C)cc1OCC. The number of carbonyl (C=O) groups excluding carboxylic acids is 1. The summed E-state index contributed by atoms with van der Waals surface area (Å²) in [5.41, 5.74) is 3.25. The molecule has 5 nitrogen and oxygen atoms in total. The van der Waals surface area contributed by atoms with Crippen molar-refractivity contribution in [2.75, 3.05) is 18.5 Å². The highest BCUT2D eigenvalue weighted by Gasteiger charge is 2.15. The van der Waals surface area contributed by atoms with Crippen LogP contribution in [0.15, 0.2) is 53.0 Å². The summed E-state index contributed by atoms with van der Waals surface area (Å²) < 4.78 is 12.0. The zero-order valence-electron chi connectivity index (χ0n) is 16.7. The molecule has 0 atom stereocenters. The molecule has 1 amide bonds. The predicted molar refractivity (Wildman–Crippen MR) is 119 cm³/mol. The summed E-state index contributed by atoms with van der Waals surface area (Å²) in [5, 5.41) is 12.3. The van der Waals surface area contributed by atoms with E-state index < -0.39 is 5.91 Å². The van der Waals surface area contributed by atoms with Crippen LogP contribution in [-0.2, 0) is 4.79 Å². The molecule has 0 aromatic heterocycles. The van der Waals surface area contributed by atoms with E-state index in [4.69, 9.17) is 9.47 Å². The molecule has 2 aromatic rings. The molecule has 29 heavy (non-hydrogen) atoms. The van der Waals surface area contributed by atoms with Gasteiger partial charge in [-0.05, 0) is 77.7 Å². The number of ether oxygens (including phenoxy) is 2. The van der Waals surface area contributed by atoms with Crippen LogP contribution in [0.25, 0.3) is 6.08 Å². The maximum absolute atomic E-state index is 12.6. The number of hydrogen-bond donors (Lipinski definition) is 1. The number of aryl methyl sites for hydroxylation is 2. The number of benzene rings is 2. The first-order chi connectivity index (χ1) is 13.9. The molecule has 0 bridgehead atoms. The Morgan fingerprint density at radius 3 is 2.69 bits per heavy atom. The van der Waals surface area contributed by atoms with Gasteiger partial charge in [0, 0.05) is 5.69 Å². The lowest BCUT2D eigenvalue weighted by molar-refractivity contribution is -0.112. The van der Waals surface area contributed by atoms with Crippen molar-refractivity contribution in [2.24, 2.45) is 0 Å². The van der Waals surface area contributed by atoms with Crippen LogP contribution in [0.1, 0.15) is 23.6 Å². The Morgan fingerprint density at radius 1 is 1.28 bits per heavy atom. The lowest BCUT2D eigenvalue weighted by Crippen LogP contribution is -2.14. The van der Waals surface area contributed by atoms with Crippen LogP contribution in [0.3, 0.4) is 0 Å². The highest BCUT2D eigenvalue weighted by molar-refractivity contribution is 9.10. The molecule has 0 aliphatic heterocycles. The zero-order valence-corrected chi connectivity index (χ0v) is 18.3. The fourth-order valence-corrected chi connectivity index (χ4v) is 3.17. The van der Waals surface area contributed by atoms with Gasteiger partial charge in [-0.2, -0.15) is 5.26 Å². The smallest absolute Gasteiger partial charge is 0.266 e. The molecule has 2 aromatic carbocycles. The van der Waals surface area contributed by atoms with Crippen molar-refractivity contribution in [1.82, 2.24) is 0 Å². The molecule has 0 aliphatic rings. The molecule has 1 N–H and O–H groups in total. The second-order valence-electron chi connectivity index (χ2n) is 6.30. The number of nitriles is 1. The van der Waals surface area contributed by atoms with Crippen molar-refractivity contribution in [2.45, 2.75) is 20.8 Å². The third-order valence-corrected chi connectivity index (χ3v) is 4.58. The average Bonchev–Trinajstić information content (AvgIpc) is 2.68. The largest absolute Gasteiger partial charge is 0.490 e. The Labute approximate surface area is 179 Å². The van der Waals surface area contributed by atoms with E-state index in [1.807, 2.05) is 45.0 Å². The fourth-order valence-electron chi connectivity index (χ4n) is 2.59. The van der Waals surface area contributed by atoms with E-state index in [1.165, 1.54) is 6.08 Å². The summed E-state index contributed by atoms with van der Waals surface area (Å²) in [5.74, 6) is 0.590. The summed E-state index contributed by atoms with van der Waals surface area (Å²) in [4.78, 5) is 12.6. The summed E-state index contributed by atoms with van der Waals surface area (Å²) >= 11 is 3.47. The molecule has 0 aliphatic carbocycles. The Hall–Kier alpha value is -3.04. The average molecular weight is 455 g/mol. The summed E-state index contributed by atoms with van der Waals surface area (Å²) in [6.07, 6.45) is 3.16. The van der Waals surface area contributed by atoms with Crippen LogP contribution in [0.5, 0.6) is 11.5 Å². The molecule has 0 saturated heterocycles. The van der Waals surface area contributed by atoms with E-state index in [0.717, 1.165) is 11.1 Å². The minimum Gasteiger partial charge on any atom is -0.490 e. The van der Waals surface area contributed by atoms with E-state index in [9.17, 15) is 10.1 Å². The van der Waals surface area contributed by atoms with E-state index in [-0.39, 0.29) is 5.57 Å². The highest BCUT2D eigenvalue weighted by atomic mass is 79.9. The quantitative estimate of drug-likeness (QED) is 0.321. The molecule has 0 fully saturated rings. The Balaban J connectivity index is 2.36. The maximum Gasteiger partial charge on any atom is 0.266 e. The number of amides is 1. The maximum atomic E-state index is 12.6. The summed E-state index contributed by atoms with van der Waals surface area (Å²) in [6, 6.07) is 11.2. The normalized spacial score (nSPS) is 10.8. The second kappa shape index (κ2) is 10.5. The predicted octanol–water partition coefficient (Wildman–Crippen LogP) is 5.58. The van der Waals surface area contributed by atoms with E-state index in [2.05, 4.69) is 27.8 Å². The van der Waals surface area contributed by atoms with Gasteiger partial charge in [0.05, 0.1) is 11.1 Å². The Bertz CT molecular complexity index is 990. The van der Waals surface area contributed by atoms with E-state index in [1.54, 1.807) is 18.2 Å². The van der Waals surface area contributed by atoms with Crippen LogP contribution in [0, 0.1) is 25.2 Å².